The first-order chi connectivity index (χ1) is 13.3. The van der Waals surface area contributed by atoms with Gasteiger partial charge in [-0.15, -0.1) is 0 Å². The zero-order valence-corrected chi connectivity index (χ0v) is 16.8. The summed E-state index contributed by atoms with van der Waals surface area (Å²) in [4.78, 5) is 2.09. The van der Waals surface area contributed by atoms with Crippen molar-refractivity contribution in [1.29, 1.82) is 0 Å². The largest absolute Gasteiger partial charge is 0.386 e. The van der Waals surface area contributed by atoms with Crippen LogP contribution in [0.5, 0.6) is 0 Å². The van der Waals surface area contributed by atoms with Gasteiger partial charge in [0, 0.05) is 37.1 Å². The number of aliphatic hydroxyl groups excluding tert-OH is 1. The fourth-order valence-electron chi connectivity index (χ4n) is 4.76. The second-order valence-electron chi connectivity index (χ2n) is 8.25. The van der Waals surface area contributed by atoms with Crippen molar-refractivity contribution >= 4 is 11.6 Å². The number of likely N-dealkylation sites (tertiary alicyclic amines) is 1. The highest BCUT2D eigenvalue weighted by molar-refractivity contribution is 6.30. The molecule has 4 rings (SSSR count). The van der Waals surface area contributed by atoms with Crippen LogP contribution in [0.15, 0.2) is 18.2 Å². The third kappa shape index (κ3) is 3.47. The van der Waals surface area contributed by atoms with Gasteiger partial charge in [0.25, 0.3) is 0 Å². The Balaban J connectivity index is 1.53. The molecule has 156 valence electrons. The molecule has 7 atom stereocenters. The van der Waals surface area contributed by atoms with Gasteiger partial charge in [0.1, 0.15) is 17.9 Å². The molecule has 0 spiro atoms. The predicted molar refractivity (Wildman–Crippen MR) is 106 cm³/mol. The molecule has 0 aliphatic carbocycles. The highest BCUT2D eigenvalue weighted by Crippen LogP contribution is 2.39. The van der Waals surface area contributed by atoms with Crippen molar-refractivity contribution < 1.29 is 14.9 Å². The van der Waals surface area contributed by atoms with E-state index < -0.39 is 24.0 Å². The summed E-state index contributed by atoms with van der Waals surface area (Å²) < 4.78 is 6.24. The Morgan fingerprint density at radius 1 is 1.36 bits per heavy atom. The van der Waals surface area contributed by atoms with E-state index >= 15 is 0 Å². The van der Waals surface area contributed by atoms with E-state index in [2.05, 4.69) is 15.5 Å². The Labute approximate surface area is 170 Å². The van der Waals surface area contributed by atoms with Gasteiger partial charge >= 0.3 is 0 Å². The van der Waals surface area contributed by atoms with Crippen LogP contribution in [0, 0.1) is 5.92 Å². The third-order valence-electron chi connectivity index (χ3n) is 6.54. The second-order valence-corrected chi connectivity index (χ2v) is 8.69. The third-order valence-corrected chi connectivity index (χ3v) is 6.77. The van der Waals surface area contributed by atoms with E-state index in [-0.39, 0.29) is 18.2 Å². The number of rotatable bonds is 4. The van der Waals surface area contributed by atoms with Crippen LogP contribution < -0.4 is 22.1 Å². The summed E-state index contributed by atoms with van der Waals surface area (Å²) >= 11 is 6.07. The molecule has 3 aliphatic rings. The van der Waals surface area contributed by atoms with Crippen LogP contribution in [-0.4, -0.2) is 64.7 Å². The highest BCUT2D eigenvalue weighted by Gasteiger charge is 2.56. The summed E-state index contributed by atoms with van der Waals surface area (Å²) in [5, 5.41) is 29.2. The zero-order valence-electron chi connectivity index (χ0n) is 16.0. The van der Waals surface area contributed by atoms with Crippen molar-refractivity contribution in [3.05, 3.63) is 34.3 Å². The standard InChI is InChI=1S/C19H30ClN5O3/c1-19(27)14(7-10-2-3-12(20)6-11(10)8-21)28-18(15(19)26)25-5-4-13-16(22)23-9-24-17(13)25/h2-3,6,13-18,23-24,26-27H,4-5,7-9,21-22H2,1H3/t13?,14-,15+,16?,17?,18-,19-/m1/s1. The summed E-state index contributed by atoms with van der Waals surface area (Å²) in [6.45, 7) is 3.33. The zero-order chi connectivity index (χ0) is 20.1. The van der Waals surface area contributed by atoms with Crippen LogP contribution in [0.25, 0.3) is 0 Å². The molecule has 3 aliphatic heterocycles. The summed E-state index contributed by atoms with van der Waals surface area (Å²) in [6, 6.07) is 5.54. The monoisotopic (exact) mass is 411 g/mol. The molecule has 1 aromatic rings. The highest BCUT2D eigenvalue weighted by atomic mass is 35.5. The van der Waals surface area contributed by atoms with Gasteiger partial charge < -0.3 is 26.4 Å². The number of nitrogens with two attached hydrogens (primary N) is 2. The average Bonchev–Trinajstić information content (AvgIpc) is 3.18. The van der Waals surface area contributed by atoms with E-state index in [9.17, 15) is 10.2 Å². The van der Waals surface area contributed by atoms with Crippen LogP contribution in [-0.2, 0) is 17.7 Å². The minimum Gasteiger partial charge on any atom is -0.386 e. The number of nitrogens with one attached hydrogen (secondary N) is 2. The molecule has 0 amide bonds. The molecule has 0 bridgehead atoms. The van der Waals surface area contributed by atoms with Gasteiger partial charge in [0.15, 0.2) is 0 Å². The van der Waals surface area contributed by atoms with Gasteiger partial charge in [-0.05, 0) is 36.6 Å². The minimum atomic E-state index is -1.39. The molecule has 0 radical (unpaired) electrons. The van der Waals surface area contributed by atoms with E-state index in [1.807, 2.05) is 12.1 Å². The lowest BCUT2D eigenvalue weighted by molar-refractivity contribution is -0.106. The van der Waals surface area contributed by atoms with E-state index in [0.717, 1.165) is 24.1 Å². The first-order valence-electron chi connectivity index (χ1n) is 9.84. The van der Waals surface area contributed by atoms with Crippen LogP contribution in [0.3, 0.4) is 0 Å². The first-order valence-corrected chi connectivity index (χ1v) is 10.2. The van der Waals surface area contributed by atoms with Crippen LogP contribution in [0.1, 0.15) is 24.5 Å². The van der Waals surface area contributed by atoms with Crippen molar-refractivity contribution in [3.63, 3.8) is 0 Å². The first kappa shape index (κ1) is 20.5. The van der Waals surface area contributed by atoms with Crippen molar-refractivity contribution in [2.24, 2.45) is 17.4 Å². The normalized spacial score (nSPS) is 41.4. The van der Waals surface area contributed by atoms with Crippen molar-refractivity contribution in [1.82, 2.24) is 15.5 Å². The Hall–Kier alpha value is -0.810. The average molecular weight is 412 g/mol. The van der Waals surface area contributed by atoms with Crippen LogP contribution >= 0.6 is 11.6 Å². The molecule has 8 nitrogen and oxygen atoms in total. The Bertz CT molecular complexity index is 721. The number of hydrogen-bond donors (Lipinski definition) is 6. The number of halogens is 1. The van der Waals surface area contributed by atoms with Crippen molar-refractivity contribution in [2.75, 3.05) is 13.2 Å². The Morgan fingerprint density at radius 3 is 2.89 bits per heavy atom. The molecule has 1 aromatic carbocycles. The number of nitrogens with zero attached hydrogens (tertiary/aromatic N) is 1. The molecule has 28 heavy (non-hydrogen) atoms. The molecule has 9 heteroatoms. The van der Waals surface area contributed by atoms with Crippen molar-refractivity contribution in [3.8, 4) is 0 Å². The quantitative estimate of drug-likeness (QED) is 0.382. The lowest BCUT2D eigenvalue weighted by Crippen LogP contribution is -2.64. The fraction of sp³-hybridized carbons (Fsp3) is 0.684. The van der Waals surface area contributed by atoms with E-state index in [1.165, 1.54) is 0 Å². The lowest BCUT2D eigenvalue weighted by atomic mass is 9.89. The molecule has 3 heterocycles. The van der Waals surface area contributed by atoms with Crippen LogP contribution in [0.2, 0.25) is 5.02 Å². The molecular formula is C19H30ClN5O3. The van der Waals surface area contributed by atoms with Crippen LogP contribution in [0.4, 0.5) is 0 Å². The van der Waals surface area contributed by atoms with Crippen molar-refractivity contribution in [2.45, 2.75) is 62.7 Å². The number of ether oxygens (including phenoxy) is 1. The molecule has 0 saturated carbocycles. The van der Waals surface area contributed by atoms with Gasteiger partial charge in [0.2, 0.25) is 0 Å². The maximum Gasteiger partial charge on any atom is 0.141 e. The van der Waals surface area contributed by atoms with Gasteiger partial charge in [-0.2, -0.15) is 0 Å². The predicted octanol–water partition coefficient (Wildman–Crippen LogP) is -0.739. The molecule has 3 unspecified atom stereocenters. The number of aliphatic hydroxyl groups is 2. The van der Waals surface area contributed by atoms with E-state index in [1.54, 1.807) is 13.0 Å². The van der Waals surface area contributed by atoms with Gasteiger partial charge in [-0.3, -0.25) is 15.5 Å². The van der Waals surface area contributed by atoms with E-state index in [4.69, 9.17) is 27.8 Å². The molecule has 8 N–H and O–H groups in total. The molecular weight excluding hydrogens is 382 g/mol. The molecule has 3 saturated heterocycles. The maximum atomic E-state index is 11.1. The topological polar surface area (TPSA) is 129 Å². The Morgan fingerprint density at radius 2 is 2.14 bits per heavy atom. The number of fused-ring (bicyclic) bond motifs is 1. The summed E-state index contributed by atoms with van der Waals surface area (Å²) in [6.07, 6.45) is -0.916. The van der Waals surface area contributed by atoms with E-state index in [0.29, 0.717) is 24.7 Å². The second kappa shape index (κ2) is 7.79. The van der Waals surface area contributed by atoms with Gasteiger partial charge in [-0.25, -0.2) is 0 Å². The maximum absolute atomic E-state index is 11.1. The summed E-state index contributed by atoms with van der Waals surface area (Å²) in [7, 11) is 0. The van der Waals surface area contributed by atoms with Gasteiger partial charge in [0.05, 0.1) is 18.4 Å². The molecule has 3 fully saturated rings. The summed E-state index contributed by atoms with van der Waals surface area (Å²) in [5.41, 5.74) is 12.5. The number of hydrogen-bond acceptors (Lipinski definition) is 8. The smallest absolute Gasteiger partial charge is 0.141 e. The minimum absolute atomic E-state index is 0.0144. The SMILES string of the molecule is C[C@@]1(O)[C@@H](Cc2ccc(Cl)cc2CN)O[C@@H](N2CCC3C(N)NCNC32)[C@@H]1O. The fourth-order valence-corrected chi connectivity index (χ4v) is 4.96. The number of benzene rings is 1. The van der Waals surface area contributed by atoms with Gasteiger partial charge in [-0.1, -0.05) is 17.7 Å². The Kier molecular flexibility index (Phi) is 5.69. The molecule has 0 aromatic heterocycles. The lowest BCUT2D eigenvalue weighted by Gasteiger charge is -2.39. The summed E-state index contributed by atoms with van der Waals surface area (Å²) in [5.74, 6) is 0.230.